The summed E-state index contributed by atoms with van der Waals surface area (Å²) in [7, 11) is 0. The van der Waals surface area contributed by atoms with Crippen LogP contribution in [0.25, 0.3) is 0 Å². The van der Waals surface area contributed by atoms with Gasteiger partial charge in [-0.25, -0.2) is 9.97 Å². The maximum Gasteiger partial charge on any atom is 0.256 e. The van der Waals surface area contributed by atoms with Gasteiger partial charge in [-0.3, -0.25) is 9.18 Å². The maximum absolute atomic E-state index is 13.6. The van der Waals surface area contributed by atoms with E-state index < -0.39 is 12.1 Å². The second kappa shape index (κ2) is 9.46. The van der Waals surface area contributed by atoms with Gasteiger partial charge in [-0.05, 0) is 82.0 Å². The number of pyridine rings is 1. The van der Waals surface area contributed by atoms with E-state index >= 15 is 0 Å². The van der Waals surface area contributed by atoms with E-state index in [1.54, 1.807) is 6.07 Å². The van der Waals surface area contributed by atoms with Crippen molar-refractivity contribution in [3.8, 4) is 0 Å². The molecule has 1 aliphatic heterocycles. The summed E-state index contributed by atoms with van der Waals surface area (Å²) >= 11 is 0. The molecule has 1 aliphatic carbocycles. The molecule has 1 fully saturated rings. The Morgan fingerprint density at radius 2 is 1.97 bits per heavy atom. The van der Waals surface area contributed by atoms with Crippen molar-refractivity contribution >= 4 is 29.2 Å². The number of anilines is 4. The van der Waals surface area contributed by atoms with Gasteiger partial charge < -0.3 is 21.3 Å². The summed E-state index contributed by atoms with van der Waals surface area (Å²) in [6.07, 6.45) is 4.03. The third-order valence-electron chi connectivity index (χ3n) is 7.01. The maximum atomic E-state index is 13.6. The molecule has 188 valence electrons. The summed E-state index contributed by atoms with van der Waals surface area (Å²) in [6.45, 7) is 7.19. The molecular weight excluding hydrogens is 457 g/mol. The fourth-order valence-electron chi connectivity index (χ4n) is 4.71. The minimum atomic E-state index is -0.477. The van der Waals surface area contributed by atoms with Crippen molar-refractivity contribution in [1.82, 2.24) is 25.6 Å². The summed E-state index contributed by atoms with van der Waals surface area (Å²) in [4.78, 5) is 26.3. The minimum absolute atomic E-state index is 0.0727. The monoisotopic (exact) mass is 489 g/mol. The van der Waals surface area contributed by atoms with E-state index in [0.29, 0.717) is 35.4 Å². The Morgan fingerprint density at radius 3 is 2.72 bits per heavy atom. The minimum Gasteiger partial charge on any atom is -0.352 e. The second-order valence-electron chi connectivity index (χ2n) is 10.1. The number of carbonyl (C=O) groups excluding carboxylic acids is 1. The molecule has 36 heavy (non-hydrogen) atoms. The van der Waals surface area contributed by atoms with Gasteiger partial charge in [0.2, 0.25) is 5.95 Å². The lowest BCUT2D eigenvalue weighted by atomic mass is 9.85. The average Bonchev–Trinajstić information content (AvgIpc) is 3.66. The molecule has 0 saturated heterocycles. The van der Waals surface area contributed by atoms with Crippen LogP contribution in [0, 0.1) is 0 Å². The molecule has 0 radical (unpaired) electrons. The second-order valence-corrected chi connectivity index (χ2v) is 10.1. The number of halogens is 1. The lowest BCUT2D eigenvalue weighted by molar-refractivity contribution is 0.0956. The molecule has 0 atom stereocenters. The van der Waals surface area contributed by atoms with Crippen LogP contribution < -0.4 is 21.3 Å². The lowest BCUT2D eigenvalue weighted by Gasteiger charge is -2.34. The van der Waals surface area contributed by atoms with Gasteiger partial charge in [0.1, 0.15) is 23.9 Å². The molecule has 9 heteroatoms. The number of hydrogen-bond donors (Lipinski definition) is 4. The highest BCUT2D eigenvalue weighted by Gasteiger charge is 2.46. The first-order valence-electron chi connectivity index (χ1n) is 12.4. The van der Waals surface area contributed by atoms with Gasteiger partial charge in [0.15, 0.2) is 0 Å². The summed E-state index contributed by atoms with van der Waals surface area (Å²) in [5.41, 5.74) is 3.91. The van der Waals surface area contributed by atoms with Crippen LogP contribution in [0.15, 0.2) is 42.6 Å². The topological polar surface area (TPSA) is 104 Å². The van der Waals surface area contributed by atoms with E-state index in [1.165, 1.54) is 17.3 Å². The number of rotatable bonds is 8. The Labute approximate surface area is 210 Å². The van der Waals surface area contributed by atoms with Crippen molar-refractivity contribution in [2.75, 3.05) is 30.4 Å². The Balaban J connectivity index is 1.44. The van der Waals surface area contributed by atoms with Gasteiger partial charge in [0, 0.05) is 29.4 Å². The Morgan fingerprint density at radius 1 is 1.14 bits per heavy atom. The van der Waals surface area contributed by atoms with Crippen LogP contribution >= 0.6 is 0 Å². The molecule has 4 N–H and O–H groups in total. The fourth-order valence-corrected chi connectivity index (χ4v) is 4.71. The largest absolute Gasteiger partial charge is 0.352 e. The van der Waals surface area contributed by atoms with E-state index in [1.807, 2.05) is 25.1 Å². The molecular formula is C27H32FN7O. The molecule has 0 bridgehead atoms. The average molecular weight is 490 g/mol. The van der Waals surface area contributed by atoms with Crippen molar-refractivity contribution in [2.24, 2.45) is 0 Å². The molecule has 2 aromatic heterocycles. The number of nitrogens with zero attached hydrogens (tertiary/aromatic N) is 3. The molecule has 0 unspecified atom stereocenters. The number of hydrogen-bond acceptors (Lipinski definition) is 7. The normalized spacial score (nSPS) is 17.1. The molecule has 3 heterocycles. The van der Waals surface area contributed by atoms with Crippen LogP contribution in [-0.2, 0) is 17.4 Å². The van der Waals surface area contributed by atoms with Crippen molar-refractivity contribution in [3.63, 3.8) is 0 Å². The fraction of sp³-hybridized carbons (Fsp3) is 0.407. The highest BCUT2D eigenvalue weighted by atomic mass is 19.1. The van der Waals surface area contributed by atoms with Gasteiger partial charge in [0.25, 0.3) is 5.91 Å². The van der Waals surface area contributed by atoms with Crippen molar-refractivity contribution in [3.05, 3.63) is 65.0 Å². The van der Waals surface area contributed by atoms with Crippen molar-refractivity contribution in [2.45, 2.75) is 51.0 Å². The predicted octanol–water partition coefficient (Wildman–Crippen LogP) is 4.49. The van der Waals surface area contributed by atoms with Crippen molar-refractivity contribution in [1.29, 1.82) is 0 Å². The zero-order valence-corrected chi connectivity index (χ0v) is 20.9. The van der Waals surface area contributed by atoms with Crippen LogP contribution in [0.5, 0.6) is 0 Å². The molecule has 8 nitrogen and oxygen atoms in total. The highest BCUT2D eigenvalue weighted by molar-refractivity contribution is 5.99. The number of amides is 1. The molecule has 1 amide bonds. The summed E-state index contributed by atoms with van der Waals surface area (Å²) in [5.74, 6) is 0.910. The number of nitrogens with one attached hydrogen (secondary N) is 4. The third-order valence-corrected chi connectivity index (χ3v) is 7.01. The van der Waals surface area contributed by atoms with Crippen LogP contribution in [0.1, 0.15) is 60.8 Å². The Kier molecular flexibility index (Phi) is 6.34. The summed E-state index contributed by atoms with van der Waals surface area (Å²) in [6, 6.07) is 11.7. The summed E-state index contributed by atoms with van der Waals surface area (Å²) < 4.78 is 13.6. The van der Waals surface area contributed by atoms with E-state index in [9.17, 15) is 9.18 Å². The zero-order chi connectivity index (χ0) is 25.3. The quantitative estimate of drug-likeness (QED) is 0.370. The standard InChI is InChI=1S/C27H32FN7O/c1-4-29-24(36)19-15-30-25(32-18-8-9-20-17(14-18)10-13-31-26(20,2)3)35-23(19)34-22-7-5-6-21(33-22)27(16-28)11-12-27/h5-9,14-15,31H,4,10-13,16H2,1-3H3,(H,29,36)(H2,30,32,33,34,35). The molecule has 0 spiro atoms. The molecule has 3 aromatic rings. The highest BCUT2D eigenvalue weighted by Crippen LogP contribution is 2.47. The SMILES string of the molecule is CCNC(=O)c1cnc(Nc2ccc3c(c2)CCNC3(C)C)nc1Nc1cccc(C2(CF)CC2)n1. The van der Waals surface area contributed by atoms with Crippen LogP contribution in [0.2, 0.25) is 0 Å². The van der Waals surface area contributed by atoms with Gasteiger partial charge in [-0.15, -0.1) is 0 Å². The van der Waals surface area contributed by atoms with E-state index in [0.717, 1.165) is 31.5 Å². The van der Waals surface area contributed by atoms with Crippen LogP contribution in [0.3, 0.4) is 0 Å². The first-order valence-corrected chi connectivity index (χ1v) is 12.4. The first kappa shape index (κ1) is 24.1. The number of carbonyl (C=O) groups is 1. The molecule has 2 aliphatic rings. The Hall–Kier alpha value is -3.59. The van der Waals surface area contributed by atoms with Crippen molar-refractivity contribution < 1.29 is 9.18 Å². The van der Waals surface area contributed by atoms with Gasteiger partial charge in [-0.2, -0.15) is 4.98 Å². The van der Waals surface area contributed by atoms with Crippen LogP contribution in [0.4, 0.5) is 27.7 Å². The van der Waals surface area contributed by atoms with E-state index in [2.05, 4.69) is 62.2 Å². The van der Waals surface area contributed by atoms with Gasteiger partial charge in [-0.1, -0.05) is 12.1 Å². The molecule has 1 aromatic carbocycles. The molecule has 5 rings (SSSR count). The number of fused-ring (bicyclic) bond motifs is 1. The van der Waals surface area contributed by atoms with Gasteiger partial charge >= 0.3 is 0 Å². The third kappa shape index (κ3) is 4.75. The number of alkyl halides is 1. The lowest BCUT2D eigenvalue weighted by Crippen LogP contribution is -2.42. The summed E-state index contributed by atoms with van der Waals surface area (Å²) in [5, 5.41) is 12.8. The zero-order valence-electron chi connectivity index (χ0n) is 20.9. The number of benzene rings is 1. The van der Waals surface area contributed by atoms with E-state index in [4.69, 9.17) is 0 Å². The van der Waals surface area contributed by atoms with E-state index in [-0.39, 0.29) is 11.4 Å². The molecule has 1 saturated carbocycles. The predicted molar refractivity (Wildman–Crippen MR) is 139 cm³/mol. The number of aromatic nitrogens is 3. The smallest absolute Gasteiger partial charge is 0.256 e. The van der Waals surface area contributed by atoms with Crippen LogP contribution in [-0.4, -0.2) is 40.6 Å². The first-order chi connectivity index (χ1) is 17.3. The van der Waals surface area contributed by atoms with Gasteiger partial charge in [0.05, 0.1) is 5.69 Å². The Bertz CT molecular complexity index is 1290.